The van der Waals surface area contributed by atoms with Gasteiger partial charge in [0.15, 0.2) is 9.84 Å². The lowest BCUT2D eigenvalue weighted by atomic mass is 10.1. The summed E-state index contributed by atoms with van der Waals surface area (Å²) in [4.78, 5) is 2.04. The minimum Gasteiger partial charge on any atom is -0.395 e. The topological polar surface area (TPSA) is 57.6 Å². The van der Waals surface area contributed by atoms with E-state index >= 15 is 0 Å². The number of hydrogen-bond donors (Lipinski definition) is 1. The zero-order valence-electron chi connectivity index (χ0n) is 9.73. The maximum absolute atomic E-state index is 12.2. The van der Waals surface area contributed by atoms with E-state index < -0.39 is 14.6 Å². The fraction of sp³-hybridized carbons (Fsp3) is 1.00. The lowest BCUT2D eigenvalue weighted by Crippen LogP contribution is -2.48. The summed E-state index contributed by atoms with van der Waals surface area (Å²) in [5.74, 6) is 0. The Morgan fingerprint density at radius 1 is 1.47 bits per heavy atom. The van der Waals surface area contributed by atoms with Gasteiger partial charge in [-0.05, 0) is 40.3 Å². The van der Waals surface area contributed by atoms with Gasteiger partial charge in [-0.1, -0.05) is 0 Å². The van der Waals surface area contributed by atoms with Gasteiger partial charge in [0.25, 0.3) is 0 Å². The number of sulfone groups is 1. The molecule has 1 unspecified atom stereocenters. The summed E-state index contributed by atoms with van der Waals surface area (Å²) in [5, 5.41) is 8.81. The van der Waals surface area contributed by atoms with Crippen molar-refractivity contribution in [2.75, 3.05) is 26.7 Å². The minimum absolute atomic E-state index is 0.310. The molecule has 0 saturated carbocycles. The Balaban J connectivity index is 2.86. The lowest BCUT2D eigenvalue weighted by molar-refractivity contribution is 0.248. The molecule has 5 heteroatoms. The molecule has 0 aromatic carbocycles. The van der Waals surface area contributed by atoms with Crippen molar-refractivity contribution in [3.05, 3.63) is 0 Å². The predicted molar refractivity (Wildman–Crippen MR) is 60.6 cm³/mol. The summed E-state index contributed by atoms with van der Waals surface area (Å²) in [6, 6.07) is 0. The first kappa shape index (κ1) is 12.9. The van der Waals surface area contributed by atoms with Crippen LogP contribution in [0.4, 0.5) is 0 Å². The Labute approximate surface area is 92.2 Å². The van der Waals surface area contributed by atoms with Gasteiger partial charge in [-0.2, -0.15) is 0 Å². The van der Waals surface area contributed by atoms with Crippen molar-refractivity contribution in [2.24, 2.45) is 0 Å². The van der Waals surface area contributed by atoms with E-state index in [2.05, 4.69) is 0 Å². The molecule has 4 nitrogen and oxygen atoms in total. The molecular formula is C10H21NO3S. The van der Waals surface area contributed by atoms with Crippen LogP contribution in [0.15, 0.2) is 0 Å². The van der Waals surface area contributed by atoms with Crippen LogP contribution in [-0.4, -0.2) is 55.2 Å². The summed E-state index contributed by atoms with van der Waals surface area (Å²) >= 11 is 0. The highest BCUT2D eigenvalue weighted by atomic mass is 32.2. The SMILES string of the molecule is CN1CCCC(S(=O)(=O)C(C)(C)CO)C1. The third kappa shape index (κ3) is 2.52. The average molecular weight is 235 g/mol. The molecule has 0 amide bonds. The van der Waals surface area contributed by atoms with Crippen molar-refractivity contribution >= 4 is 9.84 Å². The highest BCUT2D eigenvalue weighted by Gasteiger charge is 2.41. The van der Waals surface area contributed by atoms with E-state index in [0.717, 1.165) is 19.4 Å². The van der Waals surface area contributed by atoms with Gasteiger partial charge in [-0.3, -0.25) is 0 Å². The number of aliphatic hydroxyl groups is 1. The molecule has 0 spiro atoms. The highest BCUT2D eigenvalue weighted by Crippen LogP contribution is 2.26. The molecule has 0 bridgehead atoms. The van der Waals surface area contributed by atoms with Gasteiger partial charge >= 0.3 is 0 Å². The predicted octanol–water partition coefficient (Wildman–Crippen LogP) is 0.266. The fourth-order valence-electron chi connectivity index (χ4n) is 1.91. The van der Waals surface area contributed by atoms with Crippen LogP contribution in [0, 0.1) is 0 Å². The second-order valence-electron chi connectivity index (χ2n) is 4.99. The summed E-state index contributed by atoms with van der Waals surface area (Å²) in [6.07, 6.45) is 1.64. The summed E-state index contributed by atoms with van der Waals surface area (Å²) in [7, 11) is -1.30. The van der Waals surface area contributed by atoms with E-state index in [1.807, 2.05) is 11.9 Å². The Bertz CT molecular complexity index is 311. The molecule has 90 valence electrons. The standard InChI is InChI=1S/C10H21NO3S/c1-10(2,8-12)15(13,14)9-5-4-6-11(3)7-9/h9,12H,4-8H2,1-3H3. The van der Waals surface area contributed by atoms with Gasteiger partial charge in [0.05, 0.1) is 16.6 Å². The normalized spacial score (nSPS) is 25.5. The number of hydrogen-bond acceptors (Lipinski definition) is 4. The zero-order valence-corrected chi connectivity index (χ0v) is 10.5. The molecule has 0 aromatic rings. The Kier molecular flexibility index (Phi) is 3.79. The quantitative estimate of drug-likeness (QED) is 0.762. The molecule has 1 atom stereocenters. The van der Waals surface area contributed by atoms with Gasteiger partial charge in [-0.15, -0.1) is 0 Å². The van der Waals surface area contributed by atoms with Crippen LogP contribution < -0.4 is 0 Å². The molecule has 0 aliphatic carbocycles. The van der Waals surface area contributed by atoms with Crippen LogP contribution in [0.1, 0.15) is 26.7 Å². The van der Waals surface area contributed by atoms with E-state index in [4.69, 9.17) is 5.11 Å². The van der Waals surface area contributed by atoms with Crippen LogP contribution in [0.3, 0.4) is 0 Å². The second kappa shape index (κ2) is 4.39. The maximum atomic E-state index is 12.2. The lowest BCUT2D eigenvalue weighted by Gasteiger charge is -2.34. The van der Waals surface area contributed by atoms with Gasteiger partial charge < -0.3 is 10.0 Å². The maximum Gasteiger partial charge on any atom is 0.161 e. The number of piperidine rings is 1. The first-order valence-electron chi connectivity index (χ1n) is 5.34. The molecule has 15 heavy (non-hydrogen) atoms. The van der Waals surface area contributed by atoms with Crippen LogP contribution >= 0.6 is 0 Å². The van der Waals surface area contributed by atoms with Crippen molar-refractivity contribution in [2.45, 2.75) is 36.7 Å². The van der Waals surface area contributed by atoms with Crippen molar-refractivity contribution in [3.8, 4) is 0 Å². The number of nitrogens with zero attached hydrogens (tertiary/aromatic N) is 1. The molecule has 1 rings (SSSR count). The van der Waals surface area contributed by atoms with Crippen molar-refractivity contribution in [1.82, 2.24) is 4.90 Å². The highest BCUT2D eigenvalue weighted by molar-refractivity contribution is 7.93. The first-order chi connectivity index (χ1) is 6.81. The second-order valence-corrected chi connectivity index (χ2v) is 7.85. The van der Waals surface area contributed by atoms with Crippen molar-refractivity contribution in [1.29, 1.82) is 0 Å². The molecule has 1 saturated heterocycles. The molecule has 1 aliphatic heterocycles. The van der Waals surface area contributed by atoms with Crippen molar-refractivity contribution in [3.63, 3.8) is 0 Å². The average Bonchev–Trinajstić information content (AvgIpc) is 2.17. The summed E-state index contributed by atoms with van der Waals surface area (Å²) in [6.45, 7) is 4.43. The van der Waals surface area contributed by atoms with E-state index in [-0.39, 0.29) is 11.9 Å². The molecule has 1 fully saturated rings. The Morgan fingerprint density at radius 3 is 2.53 bits per heavy atom. The molecule has 0 aromatic heterocycles. The van der Waals surface area contributed by atoms with E-state index in [0.29, 0.717) is 6.54 Å². The smallest absolute Gasteiger partial charge is 0.161 e. The van der Waals surface area contributed by atoms with Crippen LogP contribution in [0.25, 0.3) is 0 Å². The molecular weight excluding hydrogens is 214 g/mol. The van der Waals surface area contributed by atoms with Gasteiger partial charge in [0, 0.05) is 6.54 Å². The Morgan fingerprint density at radius 2 is 2.07 bits per heavy atom. The Hall–Kier alpha value is -0.130. The first-order valence-corrected chi connectivity index (χ1v) is 6.89. The van der Waals surface area contributed by atoms with E-state index in [1.165, 1.54) is 0 Å². The molecule has 1 N–H and O–H groups in total. The van der Waals surface area contributed by atoms with E-state index in [9.17, 15) is 8.42 Å². The number of likely N-dealkylation sites (tertiary alicyclic amines) is 1. The van der Waals surface area contributed by atoms with Crippen molar-refractivity contribution < 1.29 is 13.5 Å². The zero-order chi connectivity index (χ0) is 11.7. The molecule has 0 radical (unpaired) electrons. The third-order valence-corrected chi connectivity index (χ3v) is 6.10. The molecule has 1 aliphatic rings. The van der Waals surface area contributed by atoms with E-state index in [1.54, 1.807) is 13.8 Å². The fourth-order valence-corrected chi connectivity index (χ4v) is 3.92. The molecule has 1 heterocycles. The summed E-state index contributed by atoms with van der Waals surface area (Å²) < 4.78 is 23.4. The van der Waals surface area contributed by atoms with Gasteiger partial charge in [0.1, 0.15) is 0 Å². The largest absolute Gasteiger partial charge is 0.395 e. The van der Waals surface area contributed by atoms with Crippen LogP contribution in [-0.2, 0) is 9.84 Å². The van der Waals surface area contributed by atoms with Crippen LogP contribution in [0.5, 0.6) is 0 Å². The summed E-state index contributed by atoms with van der Waals surface area (Å²) in [5.41, 5.74) is 0. The number of rotatable bonds is 3. The number of aliphatic hydroxyl groups excluding tert-OH is 1. The van der Waals surface area contributed by atoms with Gasteiger partial charge in [0.2, 0.25) is 0 Å². The monoisotopic (exact) mass is 235 g/mol. The third-order valence-electron chi connectivity index (χ3n) is 3.17. The van der Waals surface area contributed by atoms with Crippen LogP contribution in [0.2, 0.25) is 0 Å². The minimum atomic E-state index is -3.24. The van der Waals surface area contributed by atoms with Gasteiger partial charge in [-0.25, -0.2) is 8.42 Å².